The zero-order valence-corrected chi connectivity index (χ0v) is 12.9. The Labute approximate surface area is 135 Å². The third-order valence-electron chi connectivity index (χ3n) is 2.38. The average molecular weight is 285 g/mol. The van der Waals surface area contributed by atoms with E-state index >= 15 is 0 Å². The molecule has 0 aliphatic heterocycles. The fourth-order valence-corrected chi connectivity index (χ4v) is 1.54. The SMILES string of the molecule is Cc1nn(-c2ccc(F)cc2)c(O)c1N=CC(=O)[O-].[Na+]. The Hall–Kier alpha value is -1.70. The molecule has 0 radical (unpaired) electrons. The number of aromatic nitrogens is 2. The van der Waals surface area contributed by atoms with Crippen LogP contribution >= 0.6 is 0 Å². The standard InChI is InChI=1S/C12H10FN3O3.Na/c1-7-11(14-6-10(17)18)12(19)16(15-7)9-4-2-8(13)3-5-9;/h2-6,19H,1H3,(H,17,18);/q;+1/p-1. The summed E-state index contributed by atoms with van der Waals surface area (Å²) < 4.78 is 13.9. The zero-order valence-electron chi connectivity index (χ0n) is 10.9. The number of carboxylic acids is 1. The Morgan fingerprint density at radius 3 is 2.60 bits per heavy atom. The van der Waals surface area contributed by atoms with Gasteiger partial charge in [0.15, 0.2) is 0 Å². The first-order chi connectivity index (χ1) is 8.99. The molecule has 0 saturated heterocycles. The predicted octanol–water partition coefficient (Wildman–Crippen LogP) is -2.52. The Balaban J connectivity index is 0.00000200. The molecule has 0 aliphatic carbocycles. The second-order valence-corrected chi connectivity index (χ2v) is 3.72. The van der Waals surface area contributed by atoms with Crippen LogP contribution < -0.4 is 34.7 Å². The molecule has 0 bridgehead atoms. The quantitative estimate of drug-likeness (QED) is 0.498. The molecule has 0 atom stereocenters. The summed E-state index contributed by atoms with van der Waals surface area (Å²) in [5.41, 5.74) is 0.782. The molecule has 0 saturated carbocycles. The van der Waals surface area contributed by atoms with E-state index in [1.165, 1.54) is 24.3 Å². The summed E-state index contributed by atoms with van der Waals surface area (Å²) in [5, 5.41) is 24.2. The van der Waals surface area contributed by atoms with Crippen LogP contribution in [0, 0.1) is 12.7 Å². The van der Waals surface area contributed by atoms with E-state index in [2.05, 4.69) is 10.1 Å². The number of hydrogen-bond acceptors (Lipinski definition) is 5. The number of rotatable bonds is 3. The maximum Gasteiger partial charge on any atom is 1.00 e. The van der Waals surface area contributed by atoms with Crippen LogP contribution in [0.2, 0.25) is 0 Å². The zero-order chi connectivity index (χ0) is 14.0. The summed E-state index contributed by atoms with van der Waals surface area (Å²) in [4.78, 5) is 13.9. The van der Waals surface area contributed by atoms with Crippen molar-refractivity contribution in [3.05, 3.63) is 35.8 Å². The number of benzene rings is 1. The van der Waals surface area contributed by atoms with E-state index in [4.69, 9.17) is 0 Å². The van der Waals surface area contributed by atoms with Gasteiger partial charge in [-0.25, -0.2) is 9.38 Å². The molecular weight excluding hydrogens is 276 g/mol. The molecule has 2 rings (SSSR count). The van der Waals surface area contributed by atoms with Gasteiger partial charge < -0.3 is 15.0 Å². The summed E-state index contributed by atoms with van der Waals surface area (Å²) in [6, 6.07) is 5.28. The summed E-state index contributed by atoms with van der Waals surface area (Å²) in [5.74, 6) is -2.22. The molecule has 0 amide bonds. The van der Waals surface area contributed by atoms with Gasteiger partial charge in [0.2, 0.25) is 5.88 Å². The van der Waals surface area contributed by atoms with Crippen LogP contribution in [0.1, 0.15) is 5.69 Å². The minimum Gasteiger partial charge on any atom is -0.544 e. The summed E-state index contributed by atoms with van der Waals surface area (Å²) in [6.07, 6.45) is 0.554. The molecular formula is C12H9FN3NaO3. The van der Waals surface area contributed by atoms with Crippen molar-refractivity contribution in [2.24, 2.45) is 4.99 Å². The number of carbonyl (C=O) groups is 1. The number of hydrogen-bond donors (Lipinski definition) is 1. The van der Waals surface area contributed by atoms with Crippen molar-refractivity contribution in [3.63, 3.8) is 0 Å². The van der Waals surface area contributed by atoms with Crippen molar-refractivity contribution in [1.82, 2.24) is 9.78 Å². The van der Waals surface area contributed by atoms with E-state index in [1.54, 1.807) is 6.92 Å². The molecule has 0 aliphatic rings. The van der Waals surface area contributed by atoms with Crippen molar-refractivity contribution in [3.8, 4) is 11.6 Å². The van der Waals surface area contributed by atoms with Crippen LogP contribution in [0.3, 0.4) is 0 Å². The fourth-order valence-electron chi connectivity index (χ4n) is 1.54. The fraction of sp³-hybridized carbons (Fsp3) is 0.0833. The summed E-state index contributed by atoms with van der Waals surface area (Å²) in [7, 11) is 0. The maximum atomic E-state index is 12.8. The Morgan fingerprint density at radius 1 is 1.45 bits per heavy atom. The van der Waals surface area contributed by atoms with Gasteiger partial charge in [0.25, 0.3) is 0 Å². The van der Waals surface area contributed by atoms with Gasteiger partial charge in [-0.2, -0.15) is 9.78 Å². The number of aryl methyl sites for hydroxylation is 1. The minimum atomic E-state index is -1.48. The first kappa shape index (κ1) is 16.4. The van der Waals surface area contributed by atoms with Crippen LogP contribution in [0.4, 0.5) is 10.1 Å². The predicted molar refractivity (Wildman–Crippen MR) is 63.1 cm³/mol. The van der Waals surface area contributed by atoms with Gasteiger partial charge in [0.05, 0.1) is 23.6 Å². The number of carboxylic acid groups (broad SMARTS) is 1. The second-order valence-electron chi connectivity index (χ2n) is 3.72. The van der Waals surface area contributed by atoms with Crippen molar-refractivity contribution in [1.29, 1.82) is 0 Å². The van der Waals surface area contributed by atoms with Crippen molar-refractivity contribution >= 4 is 17.9 Å². The smallest absolute Gasteiger partial charge is 0.544 e. The molecule has 6 nitrogen and oxygen atoms in total. The van der Waals surface area contributed by atoms with Crippen LogP contribution in [0.25, 0.3) is 5.69 Å². The third kappa shape index (κ3) is 3.44. The molecule has 0 spiro atoms. The van der Waals surface area contributed by atoms with Gasteiger partial charge in [0, 0.05) is 0 Å². The summed E-state index contributed by atoms with van der Waals surface area (Å²) in [6.45, 7) is 1.56. The monoisotopic (exact) mass is 285 g/mol. The van der Waals surface area contributed by atoms with Crippen molar-refractivity contribution in [2.45, 2.75) is 6.92 Å². The van der Waals surface area contributed by atoms with Crippen molar-refractivity contribution in [2.75, 3.05) is 0 Å². The van der Waals surface area contributed by atoms with Gasteiger partial charge in [-0.05, 0) is 31.2 Å². The van der Waals surface area contributed by atoms with E-state index < -0.39 is 11.8 Å². The van der Waals surface area contributed by atoms with E-state index in [9.17, 15) is 19.4 Å². The number of aliphatic carboxylic acids is 1. The molecule has 20 heavy (non-hydrogen) atoms. The number of halogens is 1. The molecule has 0 fully saturated rings. The number of carbonyl (C=O) groups excluding carboxylic acids is 1. The van der Waals surface area contributed by atoms with E-state index in [1.807, 2.05) is 0 Å². The molecule has 2 aromatic rings. The summed E-state index contributed by atoms with van der Waals surface area (Å²) >= 11 is 0. The molecule has 1 aromatic heterocycles. The topological polar surface area (TPSA) is 90.5 Å². The molecule has 1 heterocycles. The van der Waals surface area contributed by atoms with Gasteiger partial charge >= 0.3 is 29.6 Å². The minimum absolute atomic E-state index is 0. The molecule has 98 valence electrons. The van der Waals surface area contributed by atoms with Gasteiger partial charge in [0.1, 0.15) is 11.5 Å². The van der Waals surface area contributed by atoms with Crippen LogP contribution in [-0.4, -0.2) is 27.1 Å². The Morgan fingerprint density at radius 2 is 2.05 bits per heavy atom. The van der Waals surface area contributed by atoms with Crippen LogP contribution in [0.5, 0.6) is 5.88 Å². The molecule has 8 heteroatoms. The number of aromatic hydroxyl groups is 1. The second kappa shape index (κ2) is 6.65. The van der Waals surface area contributed by atoms with Crippen LogP contribution in [-0.2, 0) is 4.79 Å². The van der Waals surface area contributed by atoms with Gasteiger partial charge in [-0.3, -0.25) is 0 Å². The number of aliphatic imine (C=N–C) groups is 1. The number of nitrogens with zero attached hydrogens (tertiary/aromatic N) is 3. The largest absolute Gasteiger partial charge is 1.00 e. The van der Waals surface area contributed by atoms with Crippen LogP contribution in [0.15, 0.2) is 29.3 Å². The Kier molecular flexibility index (Phi) is 5.43. The Bertz CT molecular complexity index is 653. The first-order valence-electron chi connectivity index (χ1n) is 5.28. The van der Waals surface area contributed by atoms with Gasteiger partial charge in [-0.15, -0.1) is 0 Å². The molecule has 1 N–H and O–H groups in total. The maximum absolute atomic E-state index is 12.8. The first-order valence-corrected chi connectivity index (χ1v) is 5.28. The molecule has 0 unspecified atom stereocenters. The van der Waals surface area contributed by atoms with E-state index in [-0.39, 0.29) is 41.1 Å². The van der Waals surface area contributed by atoms with E-state index in [0.29, 0.717) is 17.6 Å². The van der Waals surface area contributed by atoms with E-state index in [0.717, 1.165) is 4.68 Å². The van der Waals surface area contributed by atoms with Gasteiger partial charge in [-0.1, -0.05) is 0 Å². The van der Waals surface area contributed by atoms with Crippen molar-refractivity contribution < 1.29 is 49.0 Å². The normalized spacial score (nSPS) is 10.5. The molecule has 1 aromatic carbocycles. The average Bonchev–Trinajstić information content (AvgIpc) is 2.63. The third-order valence-corrected chi connectivity index (χ3v) is 2.38.